The Hall–Kier alpha value is -2.46. The highest BCUT2D eigenvalue weighted by Gasteiger charge is 2.39. The molecule has 0 spiro atoms. The van der Waals surface area contributed by atoms with Gasteiger partial charge in [0.25, 0.3) is 0 Å². The maximum absolute atomic E-state index is 13.8. The Morgan fingerprint density at radius 2 is 1.67 bits per heavy atom. The molecule has 2 aromatic rings. The van der Waals surface area contributed by atoms with E-state index in [1.54, 1.807) is 37.4 Å². The minimum Gasteiger partial charge on any atom is -0.497 e. The van der Waals surface area contributed by atoms with Gasteiger partial charge in [-0.05, 0) is 82.4 Å². The van der Waals surface area contributed by atoms with Crippen LogP contribution < -0.4 is 4.74 Å². The fourth-order valence-electron chi connectivity index (χ4n) is 6.25. The topological polar surface area (TPSA) is 79.4 Å². The second-order valence-electron chi connectivity index (χ2n) is 11.0. The summed E-state index contributed by atoms with van der Waals surface area (Å²) in [5, 5.41) is 0. The van der Waals surface area contributed by atoms with Crippen LogP contribution in [0, 0.1) is 13.8 Å². The lowest BCUT2D eigenvalue weighted by atomic mass is 9.80. The average Bonchev–Trinajstić information content (AvgIpc) is 2.93. The summed E-state index contributed by atoms with van der Waals surface area (Å²) < 4.78 is 40.3. The van der Waals surface area contributed by atoms with Gasteiger partial charge in [0, 0.05) is 31.2 Å². The number of carbonyl (C=O) groups excluding carboxylic acids is 1. The van der Waals surface area contributed by atoms with E-state index in [4.69, 9.17) is 9.47 Å². The quantitative estimate of drug-likeness (QED) is 0.465. The molecule has 8 nitrogen and oxygen atoms in total. The van der Waals surface area contributed by atoms with Crippen LogP contribution in [-0.4, -0.2) is 88.5 Å². The lowest BCUT2D eigenvalue weighted by Crippen LogP contribution is -2.52. The highest BCUT2D eigenvalue weighted by molar-refractivity contribution is 7.89. The standard InChI is InChI=1S/C30H43N3O5S/c1-23-19-27(37-5)20-24(2)29(23)39(35,36)33-16-10-9-13-26(33)21-38-22-28(34)32-17-14-30(15-18-32,31(3)4)25-11-7-6-8-12-25/h6-8,11-12,19-20,26H,9-10,13-18,21-22H2,1-5H3. The molecule has 0 bridgehead atoms. The van der Waals surface area contributed by atoms with E-state index >= 15 is 0 Å². The van der Waals surface area contributed by atoms with E-state index in [9.17, 15) is 13.2 Å². The van der Waals surface area contributed by atoms with Gasteiger partial charge in [-0.25, -0.2) is 8.42 Å². The zero-order valence-electron chi connectivity index (χ0n) is 24.0. The molecule has 39 heavy (non-hydrogen) atoms. The van der Waals surface area contributed by atoms with Crippen molar-refractivity contribution in [1.82, 2.24) is 14.1 Å². The molecule has 0 saturated carbocycles. The Bertz CT molecular complexity index is 1220. The number of carbonyl (C=O) groups is 1. The van der Waals surface area contributed by atoms with E-state index in [0.29, 0.717) is 47.8 Å². The van der Waals surface area contributed by atoms with Crippen LogP contribution in [0.3, 0.4) is 0 Å². The molecule has 2 aliphatic heterocycles. The molecule has 2 aliphatic rings. The van der Waals surface area contributed by atoms with Crippen molar-refractivity contribution in [3.05, 3.63) is 59.2 Å². The smallest absolute Gasteiger partial charge is 0.248 e. The number of rotatable bonds is 9. The molecule has 2 aromatic carbocycles. The summed E-state index contributed by atoms with van der Waals surface area (Å²) in [6.07, 6.45) is 4.17. The summed E-state index contributed by atoms with van der Waals surface area (Å²) in [5.74, 6) is 0.604. The van der Waals surface area contributed by atoms with E-state index < -0.39 is 10.0 Å². The van der Waals surface area contributed by atoms with Crippen LogP contribution in [0.4, 0.5) is 0 Å². The lowest BCUT2D eigenvalue weighted by molar-refractivity contribution is -0.139. The third-order valence-electron chi connectivity index (χ3n) is 8.46. The highest BCUT2D eigenvalue weighted by atomic mass is 32.2. The first-order valence-electron chi connectivity index (χ1n) is 13.9. The largest absolute Gasteiger partial charge is 0.497 e. The molecule has 1 amide bonds. The number of methoxy groups -OCH3 is 1. The molecule has 0 aliphatic carbocycles. The fraction of sp³-hybridized carbons (Fsp3) is 0.567. The van der Waals surface area contributed by atoms with Crippen LogP contribution in [-0.2, 0) is 25.1 Å². The fourth-order valence-corrected chi connectivity index (χ4v) is 8.35. The van der Waals surface area contributed by atoms with E-state index in [1.165, 1.54) is 5.56 Å². The Morgan fingerprint density at radius 1 is 1.03 bits per heavy atom. The second-order valence-corrected chi connectivity index (χ2v) is 12.9. The number of likely N-dealkylation sites (tertiary alicyclic amines) is 1. The van der Waals surface area contributed by atoms with Crippen molar-refractivity contribution in [3.63, 3.8) is 0 Å². The van der Waals surface area contributed by atoms with Gasteiger partial charge in [-0.3, -0.25) is 9.69 Å². The molecule has 0 N–H and O–H groups in total. The number of hydrogen-bond acceptors (Lipinski definition) is 6. The van der Waals surface area contributed by atoms with Crippen molar-refractivity contribution in [2.45, 2.75) is 62.4 Å². The number of sulfonamides is 1. The monoisotopic (exact) mass is 557 g/mol. The minimum atomic E-state index is -3.72. The molecule has 2 saturated heterocycles. The molecule has 1 unspecified atom stereocenters. The summed E-state index contributed by atoms with van der Waals surface area (Å²) in [5.41, 5.74) is 2.52. The van der Waals surface area contributed by atoms with Crippen LogP contribution in [0.5, 0.6) is 5.75 Å². The molecule has 9 heteroatoms. The van der Waals surface area contributed by atoms with Crippen LogP contribution in [0.1, 0.15) is 48.8 Å². The van der Waals surface area contributed by atoms with Crippen molar-refractivity contribution in [1.29, 1.82) is 0 Å². The molecule has 2 fully saturated rings. The maximum Gasteiger partial charge on any atom is 0.248 e. The maximum atomic E-state index is 13.8. The minimum absolute atomic E-state index is 0.0364. The number of ether oxygens (including phenoxy) is 2. The molecule has 0 aromatic heterocycles. The van der Waals surface area contributed by atoms with Gasteiger partial charge in [-0.1, -0.05) is 36.8 Å². The normalized spacial score (nSPS) is 20.3. The van der Waals surface area contributed by atoms with Crippen molar-refractivity contribution in [3.8, 4) is 5.75 Å². The molecule has 0 radical (unpaired) electrons. The lowest BCUT2D eigenvalue weighted by Gasteiger charge is -2.46. The van der Waals surface area contributed by atoms with Crippen LogP contribution >= 0.6 is 0 Å². The first kappa shape index (κ1) is 29.5. The average molecular weight is 558 g/mol. The molecule has 2 heterocycles. The van der Waals surface area contributed by atoms with Gasteiger partial charge in [0.05, 0.1) is 18.6 Å². The van der Waals surface area contributed by atoms with Gasteiger partial charge in [0.2, 0.25) is 15.9 Å². The predicted molar refractivity (Wildman–Crippen MR) is 152 cm³/mol. The number of aryl methyl sites for hydroxylation is 2. The zero-order valence-corrected chi connectivity index (χ0v) is 24.8. The van der Waals surface area contributed by atoms with E-state index in [1.807, 2.05) is 11.0 Å². The first-order chi connectivity index (χ1) is 18.6. The predicted octanol–water partition coefficient (Wildman–Crippen LogP) is 3.95. The summed E-state index contributed by atoms with van der Waals surface area (Å²) in [7, 11) is 2.07. The SMILES string of the molecule is COc1cc(C)c(S(=O)(=O)N2CCCCC2COCC(=O)N2CCC(c3ccccc3)(N(C)C)CC2)c(C)c1. The van der Waals surface area contributed by atoms with Gasteiger partial charge < -0.3 is 14.4 Å². The van der Waals surface area contributed by atoms with Gasteiger partial charge >= 0.3 is 0 Å². The Balaban J connectivity index is 1.37. The highest BCUT2D eigenvalue weighted by Crippen LogP contribution is 2.37. The Kier molecular flexibility index (Phi) is 9.37. The molecule has 214 valence electrons. The van der Waals surface area contributed by atoms with Crippen LogP contribution in [0.15, 0.2) is 47.4 Å². The van der Waals surface area contributed by atoms with Crippen molar-refractivity contribution >= 4 is 15.9 Å². The zero-order chi connectivity index (χ0) is 28.2. The van der Waals surface area contributed by atoms with Crippen LogP contribution in [0.2, 0.25) is 0 Å². The van der Waals surface area contributed by atoms with E-state index in [0.717, 1.165) is 25.7 Å². The number of hydrogen-bond donors (Lipinski definition) is 0. The molecule has 1 atom stereocenters. The Morgan fingerprint density at radius 3 is 2.26 bits per heavy atom. The third kappa shape index (κ3) is 6.16. The third-order valence-corrected chi connectivity index (χ3v) is 10.7. The summed E-state index contributed by atoms with van der Waals surface area (Å²) in [6.45, 7) is 5.55. The first-order valence-corrected chi connectivity index (χ1v) is 15.3. The van der Waals surface area contributed by atoms with Gasteiger partial charge in [0.1, 0.15) is 12.4 Å². The van der Waals surface area contributed by atoms with Gasteiger partial charge in [-0.15, -0.1) is 0 Å². The molecular formula is C30H43N3O5S. The molecular weight excluding hydrogens is 514 g/mol. The summed E-state index contributed by atoms with van der Waals surface area (Å²) in [6, 6.07) is 13.7. The molecule has 4 rings (SSSR count). The number of amides is 1. The summed E-state index contributed by atoms with van der Waals surface area (Å²) >= 11 is 0. The number of piperidine rings is 2. The van der Waals surface area contributed by atoms with Crippen molar-refractivity contribution in [2.24, 2.45) is 0 Å². The Labute approximate surface area is 233 Å². The number of nitrogens with zero attached hydrogens (tertiary/aromatic N) is 3. The van der Waals surface area contributed by atoms with Crippen LogP contribution in [0.25, 0.3) is 0 Å². The number of benzene rings is 2. The van der Waals surface area contributed by atoms with E-state index in [-0.39, 0.29) is 30.7 Å². The summed E-state index contributed by atoms with van der Waals surface area (Å²) in [4.78, 5) is 17.5. The van der Waals surface area contributed by atoms with Gasteiger partial charge in [0.15, 0.2) is 0 Å². The second kappa shape index (κ2) is 12.4. The van der Waals surface area contributed by atoms with Gasteiger partial charge in [-0.2, -0.15) is 4.31 Å². The van der Waals surface area contributed by atoms with Crippen molar-refractivity contribution < 1.29 is 22.7 Å². The van der Waals surface area contributed by atoms with Crippen molar-refractivity contribution in [2.75, 3.05) is 54.1 Å². The van der Waals surface area contributed by atoms with E-state index in [2.05, 4.69) is 43.3 Å².